The van der Waals surface area contributed by atoms with Crippen LogP contribution in [-0.4, -0.2) is 49.8 Å². The minimum Gasteiger partial charge on any atom is -0.325 e. The number of aryl methyl sites for hydroxylation is 2. The molecule has 2 aromatic rings. The van der Waals surface area contributed by atoms with Gasteiger partial charge in [-0.05, 0) is 81.2 Å². The first kappa shape index (κ1) is 22.8. The molecule has 0 unspecified atom stereocenters. The zero-order chi connectivity index (χ0) is 22.7. The fourth-order valence-corrected chi connectivity index (χ4v) is 5.68. The fourth-order valence-electron chi connectivity index (χ4n) is 4.26. The molecule has 2 aromatic carbocycles. The number of likely N-dealkylation sites (tertiary alicyclic amines) is 1. The molecular weight excluding hydrogens is 422 g/mol. The number of rotatable bonds is 7. The highest BCUT2D eigenvalue weighted by molar-refractivity contribution is 7.89. The van der Waals surface area contributed by atoms with Crippen molar-refractivity contribution in [3.63, 3.8) is 0 Å². The Balaban J connectivity index is 1.24. The third kappa shape index (κ3) is 5.51. The van der Waals surface area contributed by atoms with Crippen LogP contribution in [0.25, 0.3) is 0 Å². The van der Waals surface area contributed by atoms with E-state index in [2.05, 4.69) is 36.5 Å². The van der Waals surface area contributed by atoms with Crippen molar-refractivity contribution in [2.24, 2.45) is 5.92 Å². The van der Waals surface area contributed by atoms with Crippen molar-refractivity contribution < 1.29 is 13.2 Å². The van der Waals surface area contributed by atoms with Crippen LogP contribution in [0.5, 0.6) is 0 Å². The smallest absolute Gasteiger partial charge is 0.321 e. The molecule has 0 bridgehead atoms. The van der Waals surface area contributed by atoms with Crippen molar-refractivity contribution in [1.82, 2.24) is 9.21 Å². The summed E-state index contributed by atoms with van der Waals surface area (Å²) in [6.45, 7) is 3.61. The number of piperidine rings is 1. The molecule has 1 aliphatic carbocycles. The van der Waals surface area contributed by atoms with Crippen LogP contribution in [0.3, 0.4) is 0 Å². The first-order chi connectivity index (χ1) is 15.3. The molecule has 7 heteroatoms. The molecule has 0 spiro atoms. The van der Waals surface area contributed by atoms with Crippen molar-refractivity contribution >= 4 is 21.7 Å². The molecule has 6 nitrogen and oxygen atoms in total. The third-order valence-corrected chi connectivity index (χ3v) is 8.63. The van der Waals surface area contributed by atoms with Crippen LogP contribution in [0.2, 0.25) is 0 Å². The van der Waals surface area contributed by atoms with Crippen LogP contribution in [-0.2, 0) is 16.4 Å². The summed E-state index contributed by atoms with van der Waals surface area (Å²) < 4.78 is 26.7. The molecule has 1 N–H and O–H groups in total. The van der Waals surface area contributed by atoms with Gasteiger partial charge in [-0.2, -0.15) is 4.31 Å². The number of carbonyl (C=O) groups excluding carboxylic acids is 1. The molecule has 1 saturated heterocycles. The van der Waals surface area contributed by atoms with Crippen LogP contribution in [0.15, 0.2) is 53.4 Å². The Labute approximate surface area is 191 Å². The van der Waals surface area contributed by atoms with Gasteiger partial charge in [0, 0.05) is 31.9 Å². The van der Waals surface area contributed by atoms with E-state index < -0.39 is 10.0 Å². The highest BCUT2D eigenvalue weighted by Crippen LogP contribution is 2.30. The Morgan fingerprint density at radius 2 is 1.62 bits per heavy atom. The first-order valence-corrected chi connectivity index (χ1v) is 13.0. The SMILES string of the molecule is Cc1ccc(CCC2CCN(C(=O)Nc3ccc(S(=O)(=O)N(C)C4CC4)cc3)CC2)cc1. The van der Waals surface area contributed by atoms with Gasteiger partial charge in [0.15, 0.2) is 0 Å². The number of anilines is 1. The number of carbonyl (C=O) groups is 1. The molecule has 2 amide bonds. The predicted molar refractivity (Wildman–Crippen MR) is 127 cm³/mol. The van der Waals surface area contributed by atoms with E-state index in [0.717, 1.165) is 51.6 Å². The minimum absolute atomic E-state index is 0.118. The van der Waals surface area contributed by atoms with Crippen molar-refractivity contribution in [3.8, 4) is 0 Å². The Morgan fingerprint density at radius 3 is 2.22 bits per heavy atom. The molecular formula is C25H33N3O3S. The summed E-state index contributed by atoms with van der Waals surface area (Å²) in [5.41, 5.74) is 3.28. The Hall–Kier alpha value is -2.38. The zero-order valence-corrected chi connectivity index (χ0v) is 19.8. The molecule has 0 atom stereocenters. The molecule has 1 heterocycles. The second kappa shape index (κ2) is 9.63. The van der Waals surface area contributed by atoms with Crippen molar-refractivity contribution in [2.75, 3.05) is 25.5 Å². The van der Waals surface area contributed by atoms with Crippen molar-refractivity contribution in [1.29, 1.82) is 0 Å². The highest BCUT2D eigenvalue weighted by atomic mass is 32.2. The number of benzene rings is 2. The quantitative estimate of drug-likeness (QED) is 0.660. The lowest BCUT2D eigenvalue weighted by Crippen LogP contribution is -2.41. The maximum absolute atomic E-state index is 12.7. The van der Waals surface area contributed by atoms with Gasteiger partial charge in [0.1, 0.15) is 0 Å². The number of nitrogens with one attached hydrogen (secondary N) is 1. The molecule has 0 radical (unpaired) electrons. The summed E-state index contributed by atoms with van der Waals surface area (Å²) in [6, 6.07) is 15.2. The standard InChI is InChI=1S/C25H33N3O3S/c1-19-3-5-20(6-4-19)7-8-21-15-17-28(18-16-21)25(29)26-22-9-13-24(14-10-22)32(30,31)27(2)23-11-12-23/h3-6,9-10,13-14,21,23H,7-8,11-12,15-18H2,1-2H3,(H,26,29). The van der Waals surface area contributed by atoms with E-state index in [4.69, 9.17) is 0 Å². The second-order valence-corrected chi connectivity index (χ2v) is 11.2. The van der Waals surface area contributed by atoms with Crippen LogP contribution in [0, 0.1) is 12.8 Å². The van der Waals surface area contributed by atoms with Gasteiger partial charge in [-0.25, -0.2) is 13.2 Å². The summed E-state index contributed by atoms with van der Waals surface area (Å²) >= 11 is 0. The number of hydrogen-bond acceptors (Lipinski definition) is 3. The topological polar surface area (TPSA) is 69.7 Å². The minimum atomic E-state index is -3.47. The van der Waals surface area contributed by atoms with Gasteiger partial charge >= 0.3 is 6.03 Å². The second-order valence-electron chi connectivity index (χ2n) is 9.16. The highest BCUT2D eigenvalue weighted by Gasteiger charge is 2.35. The lowest BCUT2D eigenvalue weighted by Gasteiger charge is -2.32. The van der Waals surface area contributed by atoms with Gasteiger partial charge in [-0.3, -0.25) is 0 Å². The molecule has 32 heavy (non-hydrogen) atoms. The van der Waals surface area contributed by atoms with Crippen molar-refractivity contribution in [3.05, 3.63) is 59.7 Å². The Bertz CT molecular complexity index is 1020. The number of sulfonamides is 1. The van der Waals surface area contributed by atoms with Crippen LogP contribution >= 0.6 is 0 Å². The van der Waals surface area contributed by atoms with Crippen LogP contribution in [0.1, 0.15) is 43.2 Å². The van der Waals surface area contributed by atoms with E-state index in [1.165, 1.54) is 15.4 Å². The van der Waals surface area contributed by atoms with Gasteiger partial charge in [0.2, 0.25) is 10.0 Å². The molecule has 0 aromatic heterocycles. The van der Waals surface area contributed by atoms with Gasteiger partial charge in [-0.1, -0.05) is 29.8 Å². The zero-order valence-electron chi connectivity index (χ0n) is 19.0. The average molecular weight is 456 g/mol. The Morgan fingerprint density at radius 1 is 1.00 bits per heavy atom. The number of amides is 2. The van der Waals surface area contributed by atoms with Gasteiger partial charge in [0.05, 0.1) is 4.90 Å². The Kier molecular flexibility index (Phi) is 6.86. The first-order valence-electron chi connectivity index (χ1n) is 11.5. The molecule has 1 saturated carbocycles. The molecule has 1 aliphatic heterocycles. The van der Waals surface area contributed by atoms with E-state index >= 15 is 0 Å². The van der Waals surface area contributed by atoms with Gasteiger partial charge in [0.25, 0.3) is 0 Å². The van der Waals surface area contributed by atoms with Crippen molar-refractivity contribution in [2.45, 2.75) is 56.4 Å². The summed E-state index contributed by atoms with van der Waals surface area (Å²) in [5.74, 6) is 0.647. The molecule has 2 aliphatic rings. The molecule has 2 fully saturated rings. The normalized spacial score (nSPS) is 17.5. The summed E-state index contributed by atoms with van der Waals surface area (Å²) in [4.78, 5) is 14.8. The molecule has 4 rings (SSSR count). The lowest BCUT2D eigenvalue weighted by atomic mass is 9.90. The summed E-state index contributed by atoms with van der Waals surface area (Å²) in [6.07, 6.45) is 6.12. The number of urea groups is 1. The van der Waals surface area contributed by atoms with E-state index in [9.17, 15) is 13.2 Å². The largest absolute Gasteiger partial charge is 0.325 e. The lowest BCUT2D eigenvalue weighted by molar-refractivity contribution is 0.180. The van der Waals surface area contributed by atoms with E-state index in [-0.39, 0.29) is 17.0 Å². The summed E-state index contributed by atoms with van der Waals surface area (Å²) in [7, 11) is -1.83. The number of hydrogen-bond donors (Lipinski definition) is 1. The average Bonchev–Trinajstić information content (AvgIpc) is 3.64. The third-order valence-electron chi connectivity index (χ3n) is 6.71. The maximum Gasteiger partial charge on any atom is 0.321 e. The fraction of sp³-hybridized carbons (Fsp3) is 0.480. The van der Waals surface area contributed by atoms with Crippen LogP contribution in [0.4, 0.5) is 10.5 Å². The monoisotopic (exact) mass is 455 g/mol. The van der Waals surface area contributed by atoms with Gasteiger partial charge < -0.3 is 10.2 Å². The summed E-state index contributed by atoms with van der Waals surface area (Å²) in [5, 5.41) is 2.91. The van der Waals surface area contributed by atoms with E-state index in [0.29, 0.717) is 11.6 Å². The predicted octanol–water partition coefficient (Wildman–Crippen LogP) is 4.65. The van der Waals surface area contributed by atoms with E-state index in [1.807, 2.05) is 4.90 Å². The number of nitrogens with zero attached hydrogens (tertiary/aromatic N) is 2. The maximum atomic E-state index is 12.7. The van der Waals surface area contributed by atoms with E-state index in [1.54, 1.807) is 31.3 Å². The molecule has 172 valence electrons. The van der Waals surface area contributed by atoms with Gasteiger partial charge in [-0.15, -0.1) is 0 Å². The van der Waals surface area contributed by atoms with Crippen LogP contribution < -0.4 is 5.32 Å².